The fraction of sp³-hybridized carbons (Fsp3) is 0.0370. The number of fused-ring (bicyclic) bond motifs is 4. The first-order valence-corrected chi connectivity index (χ1v) is 11.4. The van der Waals surface area contributed by atoms with Crippen molar-refractivity contribution >= 4 is 43.0 Å². The van der Waals surface area contributed by atoms with Crippen LogP contribution in [0.2, 0.25) is 0 Å². The monoisotopic (exact) mass is 514 g/mol. The van der Waals surface area contributed by atoms with Gasteiger partial charge in [-0.3, -0.25) is 0 Å². The number of halogens is 2. The van der Waals surface area contributed by atoms with Crippen LogP contribution in [0, 0.1) is 0 Å². The maximum Gasteiger partial charge on any atom is 0.132 e. The summed E-state index contributed by atoms with van der Waals surface area (Å²) in [6.45, 7) is 0. The highest BCUT2D eigenvalue weighted by Gasteiger charge is 2.60. The van der Waals surface area contributed by atoms with E-state index in [1.165, 1.54) is 33.4 Å². The van der Waals surface area contributed by atoms with E-state index in [2.05, 4.69) is 117 Å². The summed E-state index contributed by atoms with van der Waals surface area (Å²) in [5, 5.41) is 0. The van der Waals surface area contributed by atoms with Crippen LogP contribution in [0.15, 0.2) is 106 Å². The molecule has 0 saturated carbocycles. The van der Waals surface area contributed by atoms with Crippen molar-refractivity contribution in [1.82, 2.24) is 0 Å². The minimum absolute atomic E-state index is 0.299. The molecular weight excluding hydrogens is 500 g/mol. The highest BCUT2D eigenvalue weighted by Crippen LogP contribution is 2.72. The molecule has 4 aromatic rings. The minimum atomic E-state index is -0.299. The molecule has 1 aliphatic heterocycles. The van der Waals surface area contributed by atoms with E-state index in [1.54, 1.807) is 0 Å². The van der Waals surface area contributed by atoms with Gasteiger partial charge in [0.2, 0.25) is 0 Å². The normalized spacial score (nSPS) is 15.4. The van der Waals surface area contributed by atoms with Crippen molar-refractivity contribution in [2.45, 2.75) is 5.41 Å². The molecule has 30 heavy (non-hydrogen) atoms. The second-order valence-electron chi connectivity index (χ2n) is 7.61. The summed E-state index contributed by atoms with van der Waals surface area (Å²) in [6, 6.07) is 34.1. The molecule has 1 nitrogen and oxygen atoms in total. The molecule has 1 spiro atoms. The van der Waals surface area contributed by atoms with Crippen molar-refractivity contribution in [3.63, 3.8) is 0 Å². The third-order valence-electron chi connectivity index (χ3n) is 6.01. The van der Waals surface area contributed by atoms with Gasteiger partial charge in [-0.2, -0.15) is 0 Å². The van der Waals surface area contributed by atoms with Crippen LogP contribution in [0.4, 0.5) is 0 Å². The lowest BCUT2D eigenvalue weighted by Crippen LogP contribution is -2.21. The standard InChI is InChI=1S/C27H16Br2O/c28-19-13-9-17(10-14-19)25-26(18-11-15-20(29)16-12-18)27(25)21-5-1-3-7-23(21)30-24-8-4-2-6-22(24)27/h1-16H. The zero-order chi connectivity index (χ0) is 20.3. The van der Waals surface area contributed by atoms with Gasteiger partial charge in [-0.1, -0.05) is 92.5 Å². The first-order valence-electron chi connectivity index (χ1n) is 9.83. The van der Waals surface area contributed by atoms with Crippen molar-refractivity contribution in [3.8, 4) is 11.5 Å². The van der Waals surface area contributed by atoms with Gasteiger partial charge in [0, 0.05) is 20.1 Å². The molecule has 3 heteroatoms. The molecule has 0 atom stereocenters. The van der Waals surface area contributed by atoms with Gasteiger partial charge in [-0.05, 0) is 58.7 Å². The number of hydrogen-bond acceptors (Lipinski definition) is 1. The second kappa shape index (κ2) is 6.69. The third-order valence-corrected chi connectivity index (χ3v) is 7.06. The molecule has 1 heterocycles. The molecule has 2 aliphatic rings. The van der Waals surface area contributed by atoms with E-state index in [4.69, 9.17) is 4.74 Å². The summed E-state index contributed by atoms with van der Waals surface area (Å²) in [5.41, 5.74) is 7.29. The van der Waals surface area contributed by atoms with Crippen molar-refractivity contribution in [1.29, 1.82) is 0 Å². The number of ether oxygens (including phenoxy) is 1. The molecular formula is C27H16Br2O. The lowest BCUT2D eigenvalue weighted by Gasteiger charge is -2.31. The largest absolute Gasteiger partial charge is 0.457 e. The third kappa shape index (κ3) is 2.52. The van der Waals surface area contributed by atoms with Crippen molar-refractivity contribution in [2.75, 3.05) is 0 Å². The number of para-hydroxylation sites is 2. The highest BCUT2D eigenvalue weighted by molar-refractivity contribution is 9.10. The fourth-order valence-electron chi connectivity index (χ4n) is 4.77. The van der Waals surface area contributed by atoms with Crippen molar-refractivity contribution in [2.24, 2.45) is 0 Å². The number of hydrogen-bond donors (Lipinski definition) is 0. The fourth-order valence-corrected chi connectivity index (χ4v) is 5.30. The van der Waals surface area contributed by atoms with Gasteiger partial charge in [0.25, 0.3) is 0 Å². The van der Waals surface area contributed by atoms with E-state index >= 15 is 0 Å². The first kappa shape index (κ1) is 18.2. The Morgan fingerprint density at radius 1 is 0.500 bits per heavy atom. The molecule has 0 aromatic heterocycles. The maximum atomic E-state index is 6.32. The van der Waals surface area contributed by atoms with Gasteiger partial charge >= 0.3 is 0 Å². The number of benzene rings is 4. The first-order chi connectivity index (χ1) is 14.7. The van der Waals surface area contributed by atoms with Gasteiger partial charge in [-0.15, -0.1) is 0 Å². The summed E-state index contributed by atoms with van der Waals surface area (Å²) in [4.78, 5) is 0. The molecule has 0 N–H and O–H groups in total. The summed E-state index contributed by atoms with van der Waals surface area (Å²) < 4.78 is 8.48. The van der Waals surface area contributed by atoms with Crippen LogP contribution in [0.5, 0.6) is 11.5 Å². The van der Waals surface area contributed by atoms with Crippen LogP contribution in [0.25, 0.3) is 11.1 Å². The van der Waals surface area contributed by atoms with Crippen LogP contribution in [0.1, 0.15) is 22.3 Å². The van der Waals surface area contributed by atoms with Gasteiger partial charge in [0.05, 0.1) is 5.41 Å². The predicted octanol–water partition coefficient (Wildman–Crippen LogP) is 8.23. The second-order valence-corrected chi connectivity index (χ2v) is 9.44. The van der Waals surface area contributed by atoms with Crippen LogP contribution < -0.4 is 4.74 Å². The summed E-state index contributed by atoms with van der Waals surface area (Å²) >= 11 is 7.16. The van der Waals surface area contributed by atoms with E-state index in [1.807, 2.05) is 12.1 Å². The van der Waals surface area contributed by atoms with E-state index < -0.39 is 0 Å². The molecule has 0 amide bonds. The van der Waals surface area contributed by atoms with Crippen LogP contribution in [-0.4, -0.2) is 0 Å². The Labute approximate surface area is 192 Å². The Bertz CT molecular complexity index is 1210. The van der Waals surface area contributed by atoms with Crippen LogP contribution in [-0.2, 0) is 5.41 Å². The average molecular weight is 516 g/mol. The Hall–Kier alpha value is -2.62. The zero-order valence-electron chi connectivity index (χ0n) is 15.9. The molecule has 0 bridgehead atoms. The average Bonchev–Trinajstić information content (AvgIpc) is 3.45. The Morgan fingerprint density at radius 3 is 1.33 bits per heavy atom. The Balaban J connectivity index is 1.67. The SMILES string of the molecule is Brc1ccc(C2=C(c3ccc(Br)cc3)C23c2ccccc2Oc2ccccc23)cc1. The lowest BCUT2D eigenvalue weighted by atomic mass is 9.76. The quantitative estimate of drug-likeness (QED) is 0.261. The van der Waals surface area contributed by atoms with E-state index in [9.17, 15) is 0 Å². The van der Waals surface area contributed by atoms with E-state index in [-0.39, 0.29) is 5.41 Å². The zero-order valence-corrected chi connectivity index (χ0v) is 19.1. The maximum absolute atomic E-state index is 6.32. The minimum Gasteiger partial charge on any atom is -0.457 e. The van der Waals surface area contributed by atoms with E-state index in [0.717, 1.165) is 20.4 Å². The highest BCUT2D eigenvalue weighted by atomic mass is 79.9. The molecule has 4 aromatic carbocycles. The van der Waals surface area contributed by atoms with E-state index in [0.29, 0.717) is 0 Å². The summed E-state index contributed by atoms with van der Waals surface area (Å²) in [5.74, 6) is 1.86. The molecule has 0 radical (unpaired) electrons. The molecule has 0 fully saturated rings. The summed E-state index contributed by atoms with van der Waals surface area (Å²) in [7, 11) is 0. The van der Waals surface area contributed by atoms with Crippen LogP contribution in [0.3, 0.4) is 0 Å². The Kier molecular flexibility index (Phi) is 4.06. The van der Waals surface area contributed by atoms with Crippen molar-refractivity contribution in [3.05, 3.63) is 128 Å². The van der Waals surface area contributed by atoms with Gasteiger partial charge < -0.3 is 4.74 Å². The topological polar surface area (TPSA) is 9.23 Å². The van der Waals surface area contributed by atoms with Gasteiger partial charge in [0.15, 0.2) is 0 Å². The predicted molar refractivity (Wildman–Crippen MR) is 129 cm³/mol. The molecule has 0 saturated heterocycles. The molecule has 0 unspecified atom stereocenters. The van der Waals surface area contributed by atoms with Crippen molar-refractivity contribution < 1.29 is 4.74 Å². The lowest BCUT2D eigenvalue weighted by molar-refractivity contribution is 0.450. The molecule has 1 aliphatic carbocycles. The van der Waals surface area contributed by atoms with Crippen LogP contribution >= 0.6 is 31.9 Å². The molecule has 144 valence electrons. The molecule has 6 rings (SSSR count). The van der Waals surface area contributed by atoms with Gasteiger partial charge in [0.1, 0.15) is 11.5 Å². The van der Waals surface area contributed by atoms with Gasteiger partial charge in [-0.25, -0.2) is 0 Å². The number of allylic oxidation sites excluding steroid dienone is 2. The summed E-state index contributed by atoms with van der Waals surface area (Å²) in [6.07, 6.45) is 0. The number of rotatable bonds is 2. The Morgan fingerprint density at radius 2 is 0.900 bits per heavy atom. The smallest absolute Gasteiger partial charge is 0.132 e.